The number of para-hydroxylation sites is 1. The van der Waals surface area contributed by atoms with E-state index < -0.39 is 65.5 Å². The Bertz CT molecular complexity index is 3160. The van der Waals surface area contributed by atoms with Crippen molar-refractivity contribution in [2.75, 3.05) is 45.0 Å². The number of methoxy groups -OCH3 is 1. The number of rotatable bonds is 14. The fourth-order valence-corrected chi connectivity index (χ4v) is 10.5. The van der Waals surface area contributed by atoms with Gasteiger partial charge in [0.1, 0.15) is 48.6 Å². The monoisotopic (exact) mass is 966 g/mol. The van der Waals surface area contributed by atoms with Gasteiger partial charge in [-0.25, -0.2) is 14.4 Å². The number of ether oxygens (including phenoxy) is 4. The van der Waals surface area contributed by atoms with E-state index in [0.717, 1.165) is 10.4 Å². The Morgan fingerprint density at radius 2 is 1.50 bits per heavy atom. The Balaban J connectivity index is 1.22. The highest BCUT2D eigenvalue weighted by Crippen LogP contribution is 2.66. The lowest BCUT2D eigenvalue weighted by molar-refractivity contribution is -0.178. The highest BCUT2D eigenvalue weighted by Gasteiger charge is 2.75. The summed E-state index contributed by atoms with van der Waals surface area (Å²) in [5.74, 6) is 2.83. The molecule has 1 spiro atoms. The van der Waals surface area contributed by atoms with Gasteiger partial charge in [-0.1, -0.05) is 132 Å². The van der Waals surface area contributed by atoms with Crippen molar-refractivity contribution in [2.45, 2.75) is 42.3 Å². The largest absolute Gasteiger partial charge is 0.491 e. The molecule has 0 bridgehead atoms. The number of fused-ring (bicyclic) bond motifs is 4. The molecule has 3 amide bonds. The van der Waals surface area contributed by atoms with Crippen molar-refractivity contribution in [1.82, 2.24) is 25.2 Å². The van der Waals surface area contributed by atoms with E-state index in [9.17, 15) is 15.0 Å². The number of carbonyl (C=O) groups excluding carboxylic acids is 4. The average Bonchev–Trinajstić information content (AvgIpc) is 4.06. The van der Waals surface area contributed by atoms with Gasteiger partial charge in [0, 0.05) is 19.2 Å². The topological polar surface area (TPSA) is 195 Å². The van der Waals surface area contributed by atoms with Gasteiger partial charge in [0.2, 0.25) is 11.8 Å². The molecule has 6 aromatic carbocycles. The molecule has 4 heterocycles. The van der Waals surface area contributed by atoms with Crippen molar-refractivity contribution in [3.8, 4) is 17.6 Å². The molecular formula is C56H50N6O10. The highest BCUT2D eigenvalue weighted by atomic mass is 16.6. The van der Waals surface area contributed by atoms with E-state index in [1.54, 1.807) is 71.4 Å². The summed E-state index contributed by atoms with van der Waals surface area (Å²) in [4.78, 5) is 65.1. The van der Waals surface area contributed by atoms with Crippen LogP contribution in [0, 0.1) is 17.8 Å². The third-order valence-corrected chi connectivity index (χ3v) is 13.5. The van der Waals surface area contributed by atoms with Crippen LogP contribution in [-0.4, -0.2) is 100 Å². The summed E-state index contributed by atoms with van der Waals surface area (Å²) >= 11 is 0. The lowest BCUT2D eigenvalue weighted by Crippen LogP contribution is -2.56. The number of hydrogen-bond donors (Lipinski definition) is 3. The molecule has 7 unspecified atom stereocenters. The van der Waals surface area contributed by atoms with Crippen LogP contribution in [0.3, 0.4) is 0 Å². The predicted molar refractivity (Wildman–Crippen MR) is 263 cm³/mol. The number of aromatic nitrogens is 3. The molecule has 7 atom stereocenters. The van der Waals surface area contributed by atoms with Crippen molar-refractivity contribution in [2.24, 2.45) is 5.92 Å². The fraction of sp³-hybridized carbons (Fsp3) is 0.250. The van der Waals surface area contributed by atoms with Crippen LogP contribution in [0.1, 0.15) is 57.7 Å². The van der Waals surface area contributed by atoms with Gasteiger partial charge < -0.3 is 34.5 Å². The molecule has 0 saturated carbocycles. The fourth-order valence-electron chi connectivity index (χ4n) is 10.5. The number of cyclic esters (lactones) is 1. The zero-order valence-electron chi connectivity index (χ0n) is 39.1. The second-order valence-corrected chi connectivity index (χ2v) is 17.6. The second-order valence-electron chi connectivity index (χ2n) is 17.6. The van der Waals surface area contributed by atoms with Crippen LogP contribution >= 0.6 is 0 Å². The van der Waals surface area contributed by atoms with E-state index >= 15 is 14.4 Å². The number of imide groups is 1. The number of amides is 3. The van der Waals surface area contributed by atoms with Gasteiger partial charge in [-0.15, -0.1) is 5.10 Å². The summed E-state index contributed by atoms with van der Waals surface area (Å²) < 4.78 is 25.0. The summed E-state index contributed by atoms with van der Waals surface area (Å²) in [7, 11) is 1.45. The number of morpholine rings is 1. The molecule has 3 aliphatic rings. The van der Waals surface area contributed by atoms with E-state index in [1.807, 2.05) is 95.9 Å². The Kier molecular flexibility index (Phi) is 13.6. The van der Waals surface area contributed by atoms with Crippen LogP contribution in [0.4, 0.5) is 10.5 Å². The van der Waals surface area contributed by atoms with E-state index in [1.165, 1.54) is 7.11 Å². The first-order chi connectivity index (χ1) is 35.2. The first kappa shape index (κ1) is 47.5. The van der Waals surface area contributed by atoms with Crippen molar-refractivity contribution in [3.05, 3.63) is 191 Å². The second kappa shape index (κ2) is 20.6. The Morgan fingerprint density at radius 1 is 0.806 bits per heavy atom. The molecule has 1 aromatic heterocycles. The third kappa shape index (κ3) is 8.62. The van der Waals surface area contributed by atoms with Crippen molar-refractivity contribution >= 4 is 40.6 Å². The minimum absolute atomic E-state index is 0.0155. The molecule has 364 valence electrons. The molecule has 0 radical (unpaired) electrons. The van der Waals surface area contributed by atoms with Gasteiger partial charge in [-0.3, -0.25) is 19.3 Å². The molecule has 3 N–H and O–H groups in total. The Morgan fingerprint density at radius 3 is 2.22 bits per heavy atom. The molecule has 3 aliphatic heterocycles. The van der Waals surface area contributed by atoms with Crippen LogP contribution in [0.2, 0.25) is 0 Å². The lowest BCUT2D eigenvalue weighted by Gasteiger charge is -2.46. The number of aliphatic hydroxyl groups excluding tert-OH is 2. The average molecular weight is 967 g/mol. The van der Waals surface area contributed by atoms with E-state index in [2.05, 4.69) is 27.5 Å². The zero-order valence-corrected chi connectivity index (χ0v) is 39.1. The molecule has 2 fully saturated rings. The number of hydrogen-bond acceptors (Lipinski definition) is 13. The smallest absolute Gasteiger partial charge is 0.421 e. The van der Waals surface area contributed by atoms with Crippen molar-refractivity contribution < 1.29 is 48.3 Å². The molecule has 16 nitrogen and oxygen atoms in total. The van der Waals surface area contributed by atoms with E-state index in [-0.39, 0.29) is 50.8 Å². The predicted octanol–water partition coefficient (Wildman–Crippen LogP) is 6.15. The summed E-state index contributed by atoms with van der Waals surface area (Å²) in [6.45, 7) is -0.518. The molecule has 7 aromatic rings. The van der Waals surface area contributed by atoms with Gasteiger partial charge in [0.25, 0.3) is 0 Å². The maximum Gasteiger partial charge on any atom is 0.421 e. The summed E-state index contributed by atoms with van der Waals surface area (Å²) in [6, 6.07) is 43.3. The van der Waals surface area contributed by atoms with Crippen LogP contribution < -0.4 is 15.0 Å². The summed E-state index contributed by atoms with van der Waals surface area (Å²) in [5, 5.41) is 32.6. The standard InChI is InChI=1S/C56H50N6O10/c1-69-32-33-71-55(68)61-44-28-23-36(14-13-29-60-45-22-12-11-21-43(45)58-59-60)34-42(44)56(54(61)67)47(52(65)57-35-46(64)37-15-5-2-6-16-37)49-53(66)72-50(39-19-9-4-10-20-39)48(38-17-7-3-8-18-38)62(49)51(56)40-24-26-41(27-25-40)70-31-30-63/h2-12,15-28,34,46-51,63-64H,29-33,35H2,1H3,(H,57,65). The minimum atomic E-state index is -2.12. The molecule has 0 aliphatic carbocycles. The van der Waals surface area contributed by atoms with Crippen LogP contribution in [0.15, 0.2) is 158 Å². The Labute approximate surface area is 414 Å². The van der Waals surface area contributed by atoms with E-state index in [4.69, 9.17) is 18.9 Å². The molecule has 10 rings (SSSR count). The highest BCUT2D eigenvalue weighted by molar-refractivity contribution is 6.23. The third-order valence-electron chi connectivity index (χ3n) is 13.5. The molecule has 72 heavy (non-hydrogen) atoms. The lowest BCUT2D eigenvalue weighted by atomic mass is 9.65. The maximum absolute atomic E-state index is 16.5. The number of nitrogens with one attached hydrogen (secondary N) is 1. The quantitative estimate of drug-likeness (QED) is 0.0639. The van der Waals surface area contributed by atoms with Crippen LogP contribution in [-0.2, 0) is 40.6 Å². The maximum atomic E-state index is 16.5. The summed E-state index contributed by atoms with van der Waals surface area (Å²) in [5.41, 5.74) is 2.55. The Hall–Kier alpha value is -8.20. The normalized spacial score (nSPS) is 21.6. The number of anilines is 1. The molecular weight excluding hydrogens is 917 g/mol. The van der Waals surface area contributed by atoms with Crippen LogP contribution in [0.25, 0.3) is 11.0 Å². The van der Waals surface area contributed by atoms with Crippen molar-refractivity contribution in [1.29, 1.82) is 0 Å². The van der Waals surface area contributed by atoms with Crippen LogP contribution in [0.5, 0.6) is 5.75 Å². The van der Waals surface area contributed by atoms with Gasteiger partial charge in [0.15, 0.2) is 0 Å². The first-order valence-electron chi connectivity index (χ1n) is 23.6. The number of benzene rings is 6. The number of nitrogens with zero attached hydrogens (tertiary/aromatic N) is 5. The zero-order chi connectivity index (χ0) is 49.8. The summed E-state index contributed by atoms with van der Waals surface area (Å²) in [6.07, 6.45) is -3.15. The van der Waals surface area contributed by atoms with Gasteiger partial charge >= 0.3 is 12.1 Å². The number of esters is 1. The van der Waals surface area contributed by atoms with Crippen molar-refractivity contribution in [3.63, 3.8) is 0 Å². The molecule has 16 heteroatoms. The van der Waals surface area contributed by atoms with Gasteiger partial charge in [-0.2, -0.15) is 0 Å². The van der Waals surface area contributed by atoms with Gasteiger partial charge in [-0.05, 0) is 70.3 Å². The number of carbonyl (C=O) groups is 4. The van der Waals surface area contributed by atoms with Gasteiger partial charge in [0.05, 0.1) is 48.5 Å². The molecule has 2 saturated heterocycles. The number of aliphatic hydroxyl groups is 2. The first-order valence-corrected chi connectivity index (χ1v) is 23.6. The van der Waals surface area contributed by atoms with E-state index in [0.29, 0.717) is 39.1 Å². The SMILES string of the molecule is COCCOC(=O)N1C(=O)C2(c3cc(C#CCn4nnc5ccccc54)ccc31)C(C(=O)NCC(O)c1ccccc1)C1C(=O)OC(c3ccccc3)C(c3ccccc3)N1C2c1ccc(OCCO)cc1. The minimum Gasteiger partial charge on any atom is -0.491 e.